The number of para-hydroxylation sites is 3. The summed E-state index contributed by atoms with van der Waals surface area (Å²) in [6, 6.07) is 74.8. The van der Waals surface area contributed by atoms with E-state index in [1.807, 2.05) is 91.0 Å². The summed E-state index contributed by atoms with van der Waals surface area (Å²) in [5, 5.41) is 7.99. The van der Waals surface area contributed by atoms with Crippen molar-refractivity contribution >= 4 is 66.5 Å². The van der Waals surface area contributed by atoms with Gasteiger partial charge in [-0.1, -0.05) is 176 Å². The Bertz CT molecular complexity index is 3350. The third kappa shape index (κ3) is 5.80. The quantitative estimate of drug-likeness (QED) is 0.120. The van der Waals surface area contributed by atoms with Crippen LogP contribution < -0.4 is 15.9 Å². The van der Waals surface area contributed by atoms with Gasteiger partial charge >= 0.3 is 0 Å². The van der Waals surface area contributed by atoms with Gasteiger partial charge in [-0.15, -0.1) is 0 Å². The smallest absolute Gasteiger partial charge is 0.171 e. The molecular weight excluding hydrogens is 738 g/mol. The number of imidazole rings is 1. The second kappa shape index (κ2) is 14.2. The minimum absolute atomic E-state index is 0.772. The van der Waals surface area contributed by atoms with Gasteiger partial charge in [-0.25, -0.2) is 9.97 Å². The zero-order valence-electron chi connectivity index (χ0n) is 32.0. The van der Waals surface area contributed by atoms with Crippen molar-refractivity contribution in [1.82, 2.24) is 14.5 Å². The van der Waals surface area contributed by atoms with Gasteiger partial charge in [-0.3, -0.25) is 4.57 Å². The van der Waals surface area contributed by atoms with Gasteiger partial charge in [-0.2, -0.15) is 0 Å². The van der Waals surface area contributed by atoms with E-state index < -0.39 is 7.14 Å². The SMILES string of the molecule is O=P(c1ccccc1)(c1ccccc1)c1cccc(-c2nc3ccccc3c3c2cc(-c2ccc(-n4c(-c5ccccc5)nc5ccccc54)cc2)c2ccccc23)c1. The van der Waals surface area contributed by atoms with Crippen LogP contribution in [0.3, 0.4) is 0 Å². The Morgan fingerprint density at radius 3 is 1.66 bits per heavy atom. The Morgan fingerprint density at radius 2 is 0.949 bits per heavy atom. The van der Waals surface area contributed by atoms with Crippen molar-refractivity contribution in [1.29, 1.82) is 0 Å². The molecule has 9 aromatic carbocycles. The van der Waals surface area contributed by atoms with E-state index in [1.165, 1.54) is 5.39 Å². The number of pyridine rings is 1. The third-order valence-corrected chi connectivity index (χ3v) is 14.5. The van der Waals surface area contributed by atoms with Crippen molar-refractivity contribution in [3.8, 4) is 39.5 Å². The lowest BCUT2D eigenvalue weighted by atomic mass is 9.90. The van der Waals surface area contributed by atoms with E-state index in [4.69, 9.17) is 9.97 Å². The molecule has 4 nitrogen and oxygen atoms in total. The number of hydrogen-bond donors (Lipinski definition) is 0. The fourth-order valence-electron chi connectivity index (χ4n) is 8.70. The van der Waals surface area contributed by atoms with Crippen molar-refractivity contribution in [2.75, 3.05) is 0 Å². The van der Waals surface area contributed by atoms with Crippen LogP contribution in [0.1, 0.15) is 0 Å². The molecule has 2 aromatic heterocycles. The maximum Gasteiger partial charge on any atom is 0.171 e. The fourth-order valence-corrected chi connectivity index (χ4v) is 11.4. The van der Waals surface area contributed by atoms with Gasteiger partial charge in [0.1, 0.15) is 5.82 Å². The molecule has 0 amide bonds. The first-order valence-electron chi connectivity index (χ1n) is 19.9. The molecule has 5 heteroatoms. The topological polar surface area (TPSA) is 47.8 Å². The molecule has 0 aliphatic heterocycles. The molecule has 0 aliphatic rings. The number of benzene rings is 9. The maximum atomic E-state index is 15.6. The summed E-state index contributed by atoms with van der Waals surface area (Å²) in [6.45, 7) is 0. The Hall–Kier alpha value is -7.39. The van der Waals surface area contributed by atoms with Crippen LogP contribution >= 0.6 is 7.14 Å². The molecule has 0 bridgehead atoms. The molecule has 0 unspecified atom stereocenters. The highest BCUT2D eigenvalue weighted by atomic mass is 31.2. The lowest BCUT2D eigenvalue weighted by Crippen LogP contribution is -2.25. The first-order chi connectivity index (χ1) is 29.1. The lowest BCUT2D eigenvalue weighted by Gasteiger charge is -2.21. The third-order valence-electron chi connectivity index (χ3n) is 11.5. The summed E-state index contributed by atoms with van der Waals surface area (Å²) < 4.78 is 17.8. The number of hydrogen-bond acceptors (Lipinski definition) is 3. The van der Waals surface area contributed by atoms with E-state index in [0.717, 1.165) is 93.5 Å². The first kappa shape index (κ1) is 34.8. The minimum Gasteiger partial charge on any atom is -0.309 e. The van der Waals surface area contributed by atoms with Crippen molar-refractivity contribution < 1.29 is 4.57 Å². The molecule has 2 heterocycles. The predicted octanol–water partition coefficient (Wildman–Crippen LogP) is 12.5. The van der Waals surface area contributed by atoms with Crippen LogP contribution in [0.15, 0.2) is 218 Å². The van der Waals surface area contributed by atoms with Gasteiger partial charge in [0, 0.05) is 48.9 Å². The van der Waals surface area contributed by atoms with Crippen LogP contribution in [0.5, 0.6) is 0 Å². The Balaban J connectivity index is 1.12. The molecule has 11 rings (SSSR count). The van der Waals surface area contributed by atoms with Crippen LogP contribution in [0.25, 0.3) is 82.9 Å². The molecule has 0 saturated carbocycles. The molecule has 278 valence electrons. The molecule has 0 atom stereocenters. The molecule has 0 radical (unpaired) electrons. The molecule has 0 fully saturated rings. The second-order valence-electron chi connectivity index (χ2n) is 14.9. The highest BCUT2D eigenvalue weighted by Crippen LogP contribution is 2.45. The zero-order chi connectivity index (χ0) is 39.3. The van der Waals surface area contributed by atoms with Crippen molar-refractivity contribution in [3.63, 3.8) is 0 Å². The molecular formula is C54H36N3OP. The van der Waals surface area contributed by atoms with E-state index in [-0.39, 0.29) is 0 Å². The van der Waals surface area contributed by atoms with Gasteiger partial charge in [-0.05, 0) is 64.4 Å². The predicted molar refractivity (Wildman–Crippen MR) is 247 cm³/mol. The maximum absolute atomic E-state index is 15.6. The summed E-state index contributed by atoms with van der Waals surface area (Å²) in [7, 11) is -3.23. The van der Waals surface area contributed by atoms with E-state index in [9.17, 15) is 0 Å². The van der Waals surface area contributed by atoms with Crippen LogP contribution in [0.2, 0.25) is 0 Å². The van der Waals surface area contributed by atoms with Crippen LogP contribution in [0, 0.1) is 0 Å². The van der Waals surface area contributed by atoms with Gasteiger partial charge in [0.15, 0.2) is 7.14 Å². The molecule has 11 aromatic rings. The number of fused-ring (bicyclic) bond motifs is 6. The molecule has 0 saturated heterocycles. The largest absolute Gasteiger partial charge is 0.309 e. The zero-order valence-corrected chi connectivity index (χ0v) is 32.9. The molecule has 0 aliphatic carbocycles. The van der Waals surface area contributed by atoms with Gasteiger partial charge in [0.2, 0.25) is 0 Å². The van der Waals surface area contributed by atoms with Crippen LogP contribution in [-0.4, -0.2) is 14.5 Å². The normalized spacial score (nSPS) is 11.8. The Morgan fingerprint density at radius 1 is 0.390 bits per heavy atom. The lowest BCUT2D eigenvalue weighted by molar-refractivity contribution is 0.592. The van der Waals surface area contributed by atoms with Crippen molar-refractivity contribution in [2.24, 2.45) is 0 Å². The summed E-state index contributed by atoms with van der Waals surface area (Å²) in [5.41, 5.74) is 9.03. The molecule has 0 spiro atoms. The van der Waals surface area contributed by atoms with Crippen LogP contribution in [-0.2, 0) is 4.57 Å². The van der Waals surface area contributed by atoms with E-state index in [0.29, 0.717) is 0 Å². The highest BCUT2D eigenvalue weighted by molar-refractivity contribution is 7.85. The number of rotatable bonds is 7. The molecule has 59 heavy (non-hydrogen) atoms. The van der Waals surface area contributed by atoms with E-state index >= 15 is 4.57 Å². The summed E-state index contributed by atoms with van der Waals surface area (Å²) in [6.07, 6.45) is 0. The monoisotopic (exact) mass is 773 g/mol. The summed E-state index contributed by atoms with van der Waals surface area (Å²) >= 11 is 0. The Labute approximate surface area is 342 Å². The average molecular weight is 774 g/mol. The highest BCUT2D eigenvalue weighted by Gasteiger charge is 2.30. The van der Waals surface area contributed by atoms with Crippen molar-refractivity contribution in [3.05, 3.63) is 218 Å². The fraction of sp³-hybridized carbons (Fsp3) is 0. The van der Waals surface area contributed by atoms with Crippen LogP contribution in [0.4, 0.5) is 0 Å². The van der Waals surface area contributed by atoms with E-state index in [2.05, 4.69) is 132 Å². The first-order valence-corrected chi connectivity index (χ1v) is 21.6. The Kier molecular flexibility index (Phi) is 8.39. The number of aromatic nitrogens is 3. The standard InChI is InChI=1S/C54H36N3OP/c58-59(41-20-6-2-7-21-41,42-22-8-3-9-23-42)43-24-16-19-39(35-43)53-48-36-47(44-25-10-11-26-45(44)52(48)46-27-12-13-28-49(46)55-53)37-31-33-40(34-32-37)57-51-30-15-14-29-50(51)56-54(57)38-17-4-1-5-18-38/h1-36H. The van der Waals surface area contributed by atoms with Crippen molar-refractivity contribution in [2.45, 2.75) is 0 Å². The minimum atomic E-state index is -3.23. The molecule has 0 N–H and O–H groups in total. The van der Waals surface area contributed by atoms with E-state index in [1.54, 1.807) is 0 Å². The van der Waals surface area contributed by atoms with Gasteiger partial charge in [0.05, 0.1) is 22.2 Å². The second-order valence-corrected chi connectivity index (χ2v) is 17.6. The van der Waals surface area contributed by atoms with Gasteiger partial charge < -0.3 is 4.57 Å². The van der Waals surface area contributed by atoms with Gasteiger partial charge in [0.25, 0.3) is 0 Å². The average Bonchev–Trinajstić information content (AvgIpc) is 3.71. The number of nitrogens with zero attached hydrogens (tertiary/aromatic N) is 3. The summed E-state index contributed by atoms with van der Waals surface area (Å²) in [4.78, 5) is 10.5. The summed E-state index contributed by atoms with van der Waals surface area (Å²) in [5.74, 6) is 0.907.